The van der Waals surface area contributed by atoms with Crippen LogP contribution in [0.1, 0.15) is 16.7 Å². The fourth-order valence-electron chi connectivity index (χ4n) is 1.60. The van der Waals surface area contributed by atoms with E-state index in [1.807, 2.05) is 12.3 Å². The van der Waals surface area contributed by atoms with Gasteiger partial charge in [0, 0.05) is 11.1 Å². The van der Waals surface area contributed by atoms with Crippen LogP contribution in [-0.4, -0.2) is 4.98 Å². The van der Waals surface area contributed by atoms with Gasteiger partial charge in [-0.25, -0.2) is 4.98 Å². The van der Waals surface area contributed by atoms with E-state index in [1.54, 1.807) is 11.8 Å². The highest BCUT2D eigenvalue weighted by Gasteiger charge is 2.07. The van der Waals surface area contributed by atoms with Crippen molar-refractivity contribution in [3.05, 3.63) is 51.6 Å². The minimum Gasteiger partial charge on any atom is -0.248 e. The number of benzene rings is 1. The highest BCUT2D eigenvalue weighted by atomic mass is 79.9. The van der Waals surface area contributed by atoms with Gasteiger partial charge >= 0.3 is 0 Å². The first-order chi connectivity index (χ1) is 8.08. The van der Waals surface area contributed by atoms with E-state index in [2.05, 4.69) is 59.9 Å². The molecule has 0 spiro atoms. The average Bonchev–Trinajstić information content (AvgIpc) is 2.28. The van der Waals surface area contributed by atoms with Gasteiger partial charge in [0.25, 0.3) is 0 Å². The molecule has 0 amide bonds. The molecule has 0 aliphatic carbocycles. The Balaban J connectivity index is 2.35. The fourth-order valence-corrected chi connectivity index (χ4v) is 3.01. The topological polar surface area (TPSA) is 12.9 Å². The molecule has 0 bridgehead atoms. The molecule has 2 aromatic rings. The van der Waals surface area contributed by atoms with E-state index in [9.17, 15) is 0 Å². The highest BCUT2D eigenvalue weighted by molar-refractivity contribution is 9.10. The molecule has 0 aliphatic rings. The van der Waals surface area contributed by atoms with Gasteiger partial charge < -0.3 is 0 Å². The summed E-state index contributed by atoms with van der Waals surface area (Å²) in [5, 5.41) is 1.02. The SMILES string of the molecule is Cc1ccc(Sc2nccc(C)c2Br)c(C)c1. The summed E-state index contributed by atoms with van der Waals surface area (Å²) in [4.78, 5) is 5.67. The van der Waals surface area contributed by atoms with Crippen LogP contribution in [-0.2, 0) is 0 Å². The van der Waals surface area contributed by atoms with Crippen LogP contribution >= 0.6 is 27.7 Å². The Labute approximate surface area is 115 Å². The van der Waals surface area contributed by atoms with Gasteiger partial charge in [0.2, 0.25) is 0 Å². The van der Waals surface area contributed by atoms with Gasteiger partial charge in [0.05, 0.1) is 4.47 Å². The van der Waals surface area contributed by atoms with E-state index in [0.29, 0.717) is 0 Å². The number of hydrogen-bond acceptors (Lipinski definition) is 2. The van der Waals surface area contributed by atoms with Crippen molar-refractivity contribution in [2.45, 2.75) is 30.7 Å². The lowest BCUT2D eigenvalue weighted by atomic mass is 10.2. The van der Waals surface area contributed by atoms with E-state index in [-0.39, 0.29) is 0 Å². The second-order valence-electron chi connectivity index (χ2n) is 4.12. The number of halogens is 1. The summed E-state index contributed by atoms with van der Waals surface area (Å²) in [7, 11) is 0. The monoisotopic (exact) mass is 307 g/mol. The minimum atomic E-state index is 1.02. The number of aromatic nitrogens is 1. The summed E-state index contributed by atoms with van der Waals surface area (Å²) in [6.45, 7) is 6.33. The first-order valence-corrected chi connectivity index (χ1v) is 7.05. The van der Waals surface area contributed by atoms with Gasteiger partial charge in [-0.15, -0.1) is 0 Å². The maximum Gasteiger partial charge on any atom is 0.115 e. The molecule has 0 unspecified atom stereocenters. The second-order valence-corrected chi connectivity index (χ2v) is 5.94. The molecule has 1 aromatic carbocycles. The number of aryl methyl sites for hydroxylation is 3. The average molecular weight is 308 g/mol. The van der Waals surface area contributed by atoms with Gasteiger partial charge in [-0.2, -0.15) is 0 Å². The molecule has 1 nitrogen and oxygen atoms in total. The van der Waals surface area contributed by atoms with Crippen molar-refractivity contribution in [2.24, 2.45) is 0 Å². The fraction of sp³-hybridized carbons (Fsp3) is 0.214. The predicted octanol–water partition coefficient (Wildman–Crippen LogP) is 4.92. The van der Waals surface area contributed by atoms with Crippen LogP contribution in [0.3, 0.4) is 0 Å². The van der Waals surface area contributed by atoms with Crippen LogP contribution in [0.15, 0.2) is 44.9 Å². The largest absolute Gasteiger partial charge is 0.248 e. The molecular weight excluding hydrogens is 294 g/mol. The molecule has 0 atom stereocenters. The van der Waals surface area contributed by atoms with Gasteiger partial charge in [-0.3, -0.25) is 0 Å². The molecular formula is C14H14BrNS. The summed E-state index contributed by atoms with van der Waals surface area (Å²) >= 11 is 5.30. The molecule has 0 aliphatic heterocycles. The number of nitrogens with zero attached hydrogens (tertiary/aromatic N) is 1. The van der Waals surface area contributed by atoms with Crippen molar-refractivity contribution in [1.82, 2.24) is 4.98 Å². The Morgan fingerprint density at radius 2 is 1.82 bits per heavy atom. The first kappa shape index (κ1) is 12.7. The standard InChI is InChI=1S/C14H14BrNS/c1-9-4-5-12(11(3)8-9)17-14-13(15)10(2)6-7-16-14/h4-8H,1-3H3. The van der Waals surface area contributed by atoms with Crippen molar-refractivity contribution < 1.29 is 0 Å². The molecule has 17 heavy (non-hydrogen) atoms. The Bertz CT molecular complexity index is 552. The zero-order valence-corrected chi connectivity index (χ0v) is 12.5. The third kappa shape index (κ3) is 2.90. The van der Waals surface area contributed by atoms with E-state index in [0.717, 1.165) is 9.50 Å². The quantitative estimate of drug-likeness (QED) is 0.781. The zero-order valence-electron chi connectivity index (χ0n) is 10.1. The first-order valence-electron chi connectivity index (χ1n) is 5.44. The maximum absolute atomic E-state index is 4.41. The molecule has 88 valence electrons. The lowest BCUT2D eigenvalue weighted by Crippen LogP contribution is -1.87. The predicted molar refractivity (Wildman–Crippen MR) is 76.7 cm³/mol. The Kier molecular flexibility index (Phi) is 3.89. The third-order valence-corrected chi connectivity index (χ3v) is 5.03. The van der Waals surface area contributed by atoms with Gasteiger partial charge in [-0.05, 0) is 60.0 Å². The van der Waals surface area contributed by atoms with Crippen molar-refractivity contribution in [2.75, 3.05) is 0 Å². The van der Waals surface area contributed by atoms with Crippen molar-refractivity contribution in [1.29, 1.82) is 0 Å². The van der Waals surface area contributed by atoms with Crippen LogP contribution in [0.5, 0.6) is 0 Å². The molecule has 2 rings (SSSR count). The van der Waals surface area contributed by atoms with Crippen LogP contribution in [0, 0.1) is 20.8 Å². The van der Waals surface area contributed by atoms with E-state index >= 15 is 0 Å². The molecule has 1 heterocycles. The number of pyridine rings is 1. The second kappa shape index (κ2) is 5.23. The molecule has 0 radical (unpaired) electrons. The molecule has 3 heteroatoms. The summed E-state index contributed by atoms with van der Waals surface area (Å²) in [6, 6.07) is 8.51. The molecule has 0 saturated carbocycles. The van der Waals surface area contributed by atoms with E-state index in [1.165, 1.54) is 21.6 Å². The molecule has 0 fully saturated rings. The Morgan fingerprint density at radius 1 is 1.06 bits per heavy atom. The summed E-state index contributed by atoms with van der Waals surface area (Å²) < 4.78 is 1.09. The maximum atomic E-state index is 4.41. The van der Waals surface area contributed by atoms with Crippen molar-refractivity contribution >= 4 is 27.7 Å². The third-order valence-electron chi connectivity index (χ3n) is 2.59. The zero-order chi connectivity index (χ0) is 12.4. The van der Waals surface area contributed by atoms with Crippen LogP contribution in [0.25, 0.3) is 0 Å². The minimum absolute atomic E-state index is 1.02. The van der Waals surface area contributed by atoms with E-state index < -0.39 is 0 Å². The van der Waals surface area contributed by atoms with Gasteiger partial charge in [0.1, 0.15) is 5.03 Å². The van der Waals surface area contributed by atoms with Crippen molar-refractivity contribution in [3.63, 3.8) is 0 Å². The van der Waals surface area contributed by atoms with E-state index in [4.69, 9.17) is 0 Å². The van der Waals surface area contributed by atoms with Gasteiger partial charge in [0.15, 0.2) is 0 Å². The summed E-state index contributed by atoms with van der Waals surface area (Å²) in [6.07, 6.45) is 1.85. The Hall–Kier alpha value is -0.800. The normalized spacial score (nSPS) is 10.6. The lowest BCUT2D eigenvalue weighted by Gasteiger charge is -2.08. The number of hydrogen-bond donors (Lipinski definition) is 0. The lowest BCUT2D eigenvalue weighted by molar-refractivity contribution is 1.08. The van der Waals surface area contributed by atoms with Crippen LogP contribution in [0.2, 0.25) is 0 Å². The Morgan fingerprint density at radius 3 is 2.53 bits per heavy atom. The van der Waals surface area contributed by atoms with Crippen LogP contribution in [0.4, 0.5) is 0 Å². The smallest absolute Gasteiger partial charge is 0.115 e. The molecule has 1 aromatic heterocycles. The van der Waals surface area contributed by atoms with Crippen molar-refractivity contribution in [3.8, 4) is 0 Å². The number of rotatable bonds is 2. The highest BCUT2D eigenvalue weighted by Crippen LogP contribution is 2.35. The molecule has 0 saturated heterocycles. The summed E-state index contributed by atoms with van der Waals surface area (Å²) in [5.41, 5.74) is 3.81. The van der Waals surface area contributed by atoms with Crippen LogP contribution < -0.4 is 0 Å². The summed E-state index contributed by atoms with van der Waals surface area (Å²) in [5.74, 6) is 0. The molecule has 0 N–H and O–H groups in total. The van der Waals surface area contributed by atoms with Gasteiger partial charge in [-0.1, -0.05) is 29.5 Å².